The summed E-state index contributed by atoms with van der Waals surface area (Å²) in [5.74, 6) is -1.36. The van der Waals surface area contributed by atoms with Gasteiger partial charge in [-0.15, -0.1) is 11.6 Å². The highest BCUT2D eigenvalue weighted by Crippen LogP contribution is 2.35. The number of rotatable bonds is 12. The third kappa shape index (κ3) is 20.9. The van der Waals surface area contributed by atoms with E-state index in [4.69, 9.17) is 88.5 Å². The zero-order valence-corrected chi connectivity index (χ0v) is 47.2. The summed E-state index contributed by atoms with van der Waals surface area (Å²) in [7, 11) is 0. The number of nitrogens with zero attached hydrogens (tertiary/aromatic N) is 2. The van der Waals surface area contributed by atoms with Crippen molar-refractivity contribution in [2.75, 3.05) is 11.6 Å². The van der Waals surface area contributed by atoms with Crippen molar-refractivity contribution >= 4 is 163 Å². The summed E-state index contributed by atoms with van der Waals surface area (Å²) >= 11 is 37.3. The van der Waals surface area contributed by atoms with Crippen molar-refractivity contribution in [2.24, 2.45) is 5.73 Å². The number of carbonyl (C=O) groups is 7. The van der Waals surface area contributed by atoms with Crippen LogP contribution in [-0.4, -0.2) is 86.6 Å². The number of benzene rings is 5. The third-order valence-electron chi connectivity index (χ3n) is 9.96. The lowest BCUT2D eigenvalue weighted by molar-refractivity contribution is -0.134. The second-order valence-corrected chi connectivity index (χ2v) is 20.1. The maximum absolute atomic E-state index is 12.7. The topological polar surface area (TPSA) is 239 Å². The van der Waals surface area contributed by atoms with Crippen LogP contribution in [-0.2, 0) is 34.0 Å². The fraction of sp³-hybridized carbons (Fsp3) is 0.0926. The van der Waals surface area contributed by atoms with E-state index in [1.807, 2.05) is 52.8 Å². The summed E-state index contributed by atoms with van der Waals surface area (Å²) in [6.07, 6.45) is 2.15. The number of carboxylic acids is 3. The Morgan fingerprint density at radius 1 is 0.628 bits per heavy atom. The van der Waals surface area contributed by atoms with Gasteiger partial charge in [-0.1, -0.05) is 119 Å². The van der Waals surface area contributed by atoms with Crippen LogP contribution in [0.4, 0.5) is 4.79 Å². The van der Waals surface area contributed by atoms with E-state index >= 15 is 0 Å². The molecule has 5 N–H and O–H groups in total. The van der Waals surface area contributed by atoms with Crippen LogP contribution >= 0.6 is 107 Å². The molecule has 0 radical (unpaired) electrons. The summed E-state index contributed by atoms with van der Waals surface area (Å²) in [5, 5.41) is 27.0. The van der Waals surface area contributed by atoms with Gasteiger partial charge >= 0.3 is 17.9 Å². The van der Waals surface area contributed by atoms with Gasteiger partial charge in [0.05, 0.1) is 34.9 Å². The molecule has 0 aliphatic carbocycles. The average molecular weight is 1230 g/mol. The Morgan fingerprint density at radius 3 is 1.38 bits per heavy atom. The minimum Gasteiger partial charge on any atom is -0.480 e. The second kappa shape index (κ2) is 32.8. The van der Waals surface area contributed by atoms with Crippen molar-refractivity contribution < 1.29 is 57.7 Å². The highest BCUT2D eigenvalue weighted by atomic mass is 35.5. The minimum absolute atomic E-state index is 0.0833. The van der Waals surface area contributed by atoms with E-state index < -0.39 is 17.9 Å². The van der Waals surface area contributed by atoms with Crippen molar-refractivity contribution in [1.29, 1.82) is 0 Å². The molecular weight excluding hydrogens is 1180 g/mol. The van der Waals surface area contributed by atoms with E-state index in [-0.39, 0.29) is 51.3 Å². The number of aldehydes is 1. The molecule has 0 bridgehead atoms. The molecule has 2 aliphatic heterocycles. The average Bonchev–Trinajstić information content (AvgIpc) is 4.25. The number of hydrogen-bond donors (Lipinski definition) is 4. The minimum atomic E-state index is -1.00. The molecule has 5 aromatic carbocycles. The molecule has 2 fully saturated rings. The number of halogens is 4. The van der Waals surface area contributed by atoms with Crippen molar-refractivity contribution in [2.45, 2.75) is 19.6 Å². The molecule has 4 heterocycles. The summed E-state index contributed by atoms with van der Waals surface area (Å²) < 4.78 is 13.5. The van der Waals surface area contributed by atoms with E-state index in [1.54, 1.807) is 77.7 Å². The van der Waals surface area contributed by atoms with E-state index in [9.17, 15) is 33.6 Å². The zero-order valence-electron chi connectivity index (χ0n) is 40.1. The first-order valence-electron chi connectivity index (χ1n) is 22.0. The molecule has 2 aliphatic rings. The molecule has 2 aromatic heterocycles. The molecule has 9 rings (SSSR count). The first kappa shape index (κ1) is 63.8. The Hall–Kier alpha value is -6.78. The van der Waals surface area contributed by atoms with Crippen LogP contribution in [0.25, 0.3) is 28.7 Å². The number of thioether (sulfide) groups is 2. The number of carbonyl (C=O) groups excluding carboxylic acids is 4. The zero-order chi connectivity index (χ0) is 57.3. The quantitative estimate of drug-likeness (QED) is 0.0385. The first-order chi connectivity index (χ1) is 37.3. The summed E-state index contributed by atoms with van der Waals surface area (Å²) in [6.45, 7) is 1.29. The highest BCUT2D eigenvalue weighted by molar-refractivity contribution is 8.24. The van der Waals surface area contributed by atoms with Crippen LogP contribution in [0.3, 0.4) is 0 Å². The van der Waals surface area contributed by atoms with Crippen molar-refractivity contribution in [3.05, 3.63) is 205 Å². The normalized spacial score (nSPS) is 12.7. The summed E-state index contributed by atoms with van der Waals surface area (Å²) in [4.78, 5) is 80.7. The standard InChI is InChI=1S/C22H14ClNO5S.C12H8O4.C10H8ClNOS2.C7H8ClN.C2H3ClO2.CS2/c23-16-7-1-13(2-8-16)12-24-20(25)19(30-22(24)28)11-17-9-10-18(29-17)14-3-5-15(6-4-14)21(26)27;13-7-10-5-6-11(16-10)8-1-3-9(4-2-8)12(14)15;11-8-3-1-7(2-4-8)5-12-9(13)6-15-10(12)14;8-7-3-1-6(5-9)2-4-7;3-1-2(4)5;2-1-3/h1-11H,12H2,(H,26,27);1-7H,(H,14,15);1-4H,5-6H2;1-4H,5,9H2;1H2,(H,4,5);/b19-11-;;;;;. The first-order valence-corrected chi connectivity index (χ1v) is 26.7. The molecule has 402 valence electrons. The maximum atomic E-state index is 12.7. The van der Waals surface area contributed by atoms with Crippen molar-refractivity contribution in [3.8, 4) is 22.6 Å². The van der Waals surface area contributed by atoms with Crippen LogP contribution in [0.5, 0.6) is 0 Å². The van der Waals surface area contributed by atoms with Crippen LogP contribution in [0.15, 0.2) is 159 Å². The number of hydrogen-bond acceptors (Lipinski definition) is 15. The number of furan rings is 2. The van der Waals surface area contributed by atoms with Crippen LogP contribution < -0.4 is 5.73 Å². The van der Waals surface area contributed by atoms with Gasteiger partial charge in [0.15, 0.2) is 12.0 Å². The van der Waals surface area contributed by atoms with Crippen LogP contribution in [0.2, 0.25) is 15.1 Å². The maximum Gasteiger partial charge on any atom is 0.335 e. The lowest BCUT2D eigenvalue weighted by Gasteiger charge is -2.14. The van der Waals surface area contributed by atoms with Gasteiger partial charge < -0.3 is 29.9 Å². The molecule has 0 spiro atoms. The molecule has 3 amide bonds. The number of amides is 3. The van der Waals surface area contributed by atoms with Gasteiger partial charge in [0.1, 0.15) is 27.5 Å². The largest absolute Gasteiger partial charge is 0.480 e. The molecular formula is C54H41Cl4N3O12S5. The number of nitrogens with two attached hydrogens (primary N) is 1. The van der Waals surface area contributed by atoms with Gasteiger partial charge in [0, 0.05) is 43.1 Å². The highest BCUT2D eigenvalue weighted by Gasteiger charge is 2.35. The number of alkyl halides is 1. The molecule has 2 saturated heterocycles. The Labute approximate surface area is 490 Å². The molecule has 15 nitrogen and oxygen atoms in total. The van der Waals surface area contributed by atoms with Gasteiger partial charge in [0.25, 0.3) is 11.1 Å². The van der Waals surface area contributed by atoms with Gasteiger partial charge in [0.2, 0.25) is 5.91 Å². The van der Waals surface area contributed by atoms with E-state index in [2.05, 4.69) is 24.4 Å². The number of imide groups is 1. The van der Waals surface area contributed by atoms with Gasteiger partial charge in [-0.05, 0) is 138 Å². The number of aromatic carboxylic acids is 2. The number of aliphatic carboxylic acids is 1. The Bertz CT molecular complexity index is 3260. The Kier molecular flexibility index (Phi) is 26.8. The Balaban J connectivity index is 0.000000231. The fourth-order valence-electron chi connectivity index (χ4n) is 6.18. The number of thiocarbonyl (C=S) groups is 3. The molecule has 0 atom stereocenters. The monoisotopic (exact) mass is 1220 g/mol. The molecule has 0 saturated carbocycles. The van der Waals surface area contributed by atoms with Crippen molar-refractivity contribution in [3.63, 3.8) is 0 Å². The lowest BCUT2D eigenvalue weighted by Crippen LogP contribution is -2.27. The lowest BCUT2D eigenvalue weighted by atomic mass is 10.1. The van der Waals surface area contributed by atoms with Crippen molar-refractivity contribution in [1.82, 2.24) is 9.80 Å². The Morgan fingerprint density at radius 2 is 1.03 bits per heavy atom. The van der Waals surface area contributed by atoms with E-state index in [1.165, 1.54) is 47.0 Å². The summed E-state index contributed by atoms with van der Waals surface area (Å²) in [6, 6.07) is 41.0. The molecule has 78 heavy (non-hydrogen) atoms. The predicted octanol–water partition coefficient (Wildman–Crippen LogP) is 13.8. The van der Waals surface area contributed by atoms with Crippen LogP contribution in [0, 0.1) is 0 Å². The third-order valence-corrected chi connectivity index (χ3v) is 13.3. The number of carboxylic acid groups (broad SMARTS) is 3. The molecule has 7 aromatic rings. The fourth-order valence-corrected chi connectivity index (χ4v) is 8.44. The predicted molar refractivity (Wildman–Crippen MR) is 316 cm³/mol. The second-order valence-electron chi connectivity index (χ2n) is 15.3. The smallest absolute Gasteiger partial charge is 0.335 e. The SMILES string of the molecule is NCc1ccc(Cl)cc1.O=C(O)CCl.O=C(O)c1ccc(-c2ccc(/C=C3\SC(=O)N(Cc4ccc(Cl)cc4)C3=O)o2)cc1.O=C1CSC(=S)N1Cc1ccc(Cl)cc1.O=Cc1ccc(-c2ccc(C(=O)O)cc2)o1.S=C=S. The van der Waals surface area contributed by atoms with Gasteiger partial charge in [-0.2, -0.15) is 0 Å². The summed E-state index contributed by atoms with van der Waals surface area (Å²) in [5.41, 5.74) is 10.1. The van der Waals surface area contributed by atoms with Gasteiger partial charge in [-0.3, -0.25) is 33.8 Å². The van der Waals surface area contributed by atoms with E-state index in [0.29, 0.717) is 62.3 Å². The van der Waals surface area contributed by atoms with Crippen LogP contribution in [0.1, 0.15) is 53.7 Å². The van der Waals surface area contributed by atoms with Gasteiger partial charge in [-0.25, -0.2) is 9.59 Å². The van der Waals surface area contributed by atoms with E-state index in [0.717, 1.165) is 39.0 Å². The molecule has 24 heteroatoms. The molecule has 0 unspecified atom stereocenters.